The fourth-order valence-electron chi connectivity index (χ4n) is 3.53. The van der Waals surface area contributed by atoms with Crippen LogP contribution in [0.15, 0.2) is 4.52 Å². The SMILES string of the molecule is Cc1noc([C@@H]2CCCN2C(=O)C2CCN(CC(N)=O)CC2)n1. The van der Waals surface area contributed by atoms with Crippen LogP contribution in [0.25, 0.3) is 0 Å². The highest BCUT2D eigenvalue weighted by Gasteiger charge is 2.37. The molecule has 126 valence electrons. The average molecular weight is 321 g/mol. The van der Waals surface area contributed by atoms with Gasteiger partial charge in [-0.1, -0.05) is 5.16 Å². The van der Waals surface area contributed by atoms with Crippen molar-refractivity contribution in [1.29, 1.82) is 0 Å². The highest BCUT2D eigenvalue weighted by molar-refractivity contribution is 5.80. The molecule has 2 saturated heterocycles. The molecule has 8 heteroatoms. The average Bonchev–Trinajstić information content (AvgIpc) is 3.15. The van der Waals surface area contributed by atoms with E-state index in [0.29, 0.717) is 11.7 Å². The number of carbonyl (C=O) groups excluding carboxylic acids is 2. The minimum Gasteiger partial charge on any atom is -0.369 e. The molecule has 0 saturated carbocycles. The number of hydrogen-bond donors (Lipinski definition) is 1. The van der Waals surface area contributed by atoms with Crippen LogP contribution in [-0.2, 0) is 9.59 Å². The molecule has 1 aromatic rings. The first-order chi connectivity index (χ1) is 11.0. The second-order valence-electron chi connectivity index (χ2n) is 6.39. The largest absolute Gasteiger partial charge is 0.369 e. The second kappa shape index (κ2) is 6.66. The van der Waals surface area contributed by atoms with Crippen LogP contribution in [-0.4, -0.2) is 57.9 Å². The van der Waals surface area contributed by atoms with Gasteiger partial charge in [-0.2, -0.15) is 4.98 Å². The Morgan fingerprint density at radius 2 is 2.00 bits per heavy atom. The Balaban J connectivity index is 1.60. The van der Waals surface area contributed by atoms with Gasteiger partial charge < -0.3 is 15.2 Å². The quantitative estimate of drug-likeness (QED) is 0.851. The van der Waals surface area contributed by atoms with E-state index in [1.165, 1.54) is 0 Å². The van der Waals surface area contributed by atoms with Gasteiger partial charge in [0.15, 0.2) is 5.82 Å². The van der Waals surface area contributed by atoms with Gasteiger partial charge in [-0.3, -0.25) is 14.5 Å². The van der Waals surface area contributed by atoms with Crippen molar-refractivity contribution in [2.24, 2.45) is 11.7 Å². The molecule has 0 radical (unpaired) electrons. The number of carbonyl (C=O) groups is 2. The van der Waals surface area contributed by atoms with Crippen molar-refractivity contribution in [1.82, 2.24) is 19.9 Å². The third kappa shape index (κ3) is 3.52. The summed E-state index contributed by atoms with van der Waals surface area (Å²) in [5.41, 5.74) is 5.22. The molecule has 3 rings (SSSR count). The molecule has 2 fully saturated rings. The van der Waals surface area contributed by atoms with Crippen molar-refractivity contribution >= 4 is 11.8 Å². The zero-order chi connectivity index (χ0) is 16.4. The molecule has 0 aromatic carbocycles. The Labute approximate surface area is 135 Å². The molecular formula is C15H23N5O3. The Morgan fingerprint density at radius 1 is 1.26 bits per heavy atom. The van der Waals surface area contributed by atoms with E-state index in [0.717, 1.165) is 45.3 Å². The van der Waals surface area contributed by atoms with Crippen LogP contribution in [0.3, 0.4) is 0 Å². The topological polar surface area (TPSA) is 106 Å². The van der Waals surface area contributed by atoms with Gasteiger partial charge in [0.2, 0.25) is 17.7 Å². The molecule has 23 heavy (non-hydrogen) atoms. The van der Waals surface area contributed by atoms with Crippen LogP contribution >= 0.6 is 0 Å². The van der Waals surface area contributed by atoms with Crippen molar-refractivity contribution in [3.8, 4) is 0 Å². The molecule has 8 nitrogen and oxygen atoms in total. The normalized spacial score (nSPS) is 23.3. The summed E-state index contributed by atoms with van der Waals surface area (Å²) in [5.74, 6) is 0.991. The van der Waals surface area contributed by atoms with Gasteiger partial charge in [0, 0.05) is 12.5 Å². The summed E-state index contributed by atoms with van der Waals surface area (Å²) < 4.78 is 5.26. The highest BCUT2D eigenvalue weighted by atomic mass is 16.5. The van der Waals surface area contributed by atoms with E-state index in [1.807, 2.05) is 9.80 Å². The van der Waals surface area contributed by atoms with Crippen LogP contribution in [0.1, 0.15) is 43.4 Å². The summed E-state index contributed by atoms with van der Waals surface area (Å²) in [4.78, 5) is 32.0. The first kappa shape index (κ1) is 15.9. The fraction of sp³-hybridized carbons (Fsp3) is 0.733. The van der Waals surface area contributed by atoms with E-state index in [2.05, 4.69) is 10.1 Å². The number of aryl methyl sites for hydroxylation is 1. The molecule has 1 atom stereocenters. The van der Waals surface area contributed by atoms with Crippen LogP contribution in [0.5, 0.6) is 0 Å². The zero-order valence-corrected chi connectivity index (χ0v) is 13.4. The fourth-order valence-corrected chi connectivity index (χ4v) is 3.53. The molecule has 2 aliphatic rings. The summed E-state index contributed by atoms with van der Waals surface area (Å²) in [6.45, 7) is 4.26. The number of aromatic nitrogens is 2. The molecule has 2 amide bonds. The van der Waals surface area contributed by atoms with E-state index in [9.17, 15) is 9.59 Å². The molecule has 3 heterocycles. The lowest BCUT2D eigenvalue weighted by molar-refractivity contribution is -0.138. The van der Waals surface area contributed by atoms with Crippen LogP contribution in [0, 0.1) is 12.8 Å². The maximum Gasteiger partial charge on any atom is 0.249 e. The van der Waals surface area contributed by atoms with Gasteiger partial charge in [0.25, 0.3) is 0 Å². The first-order valence-electron chi connectivity index (χ1n) is 8.16. The number of primary amides is 1. The van der Waals surface area contributed by atoms with Crippen LogP contribution in [0.4, 0.5) is 0 Å². The summed E-state index contributed by atoms with van der Waals surface area (Å²) in [6.07, 6.45) is 3.35. The lowest BCUT2D eigenvalue weighted by Crippen LogP contribution is -2.44. The maximum atomic E-state index is 12.8. The molecule has 2 N–H and O–H groups in total. The van der Waals surface area contributed by atoms with Crippen molar-refractivity contribution < 1.29 is 14.1 Å². The Bertz CT molecular complexity index is 579. The van der Waals surface area contributed by atoms with E-state index < -0.39 is 0 Å². The summed E-state index contributed by atoms with van der Waals surface area (Å²) in [6, 6.07) is -0.0904. The maximum absolute atomic E-state index is 12.8. The Hall–Kier alpha value is -1.96. The van der Waals surface area contributed by atoms with E-state index >= 15 is 0 Å². The molecule has 0 bridgehead atoms. The van der Waals surface area contributed by atoms with Crippen LogP contribution < -0.4 is 5.73 Å². The minimum absolute atomic E-state index is 0.00347. The van der Waals surface area contributed by atoms with Crippen molar-refractivity contribution in [2.75, 3.05) is 26.2 Å². The smallest absolute Gasteiger partial charge is 0.249 e. The number of nitrogens with zero attached hydrogens (tertiary/aromatic N) is 4. The Kier molecular flexibility index (Phi) is 4.61. The van der Waals surface area contributed by atoms with E-state index in [1.54, 1.807) is 6.92 Å². The molecule has 0 spiro atoms. The summed E-state index contributed by atoms with van der Waals surface area (Å²) >= 11 is 0. The zero-order valence-electron chi connectivity index (χ0n) is 13.4. The molecule has 0 aliphatic carbocycles. The molecule has 0 unspecified atom stereocenters. The highest BCUT2D eigenvalue weighted by Crippen LogP contribution is 2.33. The summed E-state index contributed by atoms with van der Waals surface area (Å²) in [5, 5.41) is 3.83. The standard InChI is InChI=1S/C15H23N5O3/c1-10-17-14(23-18-10)12-3-2-6-20(12)15(22)11-4-7-19(8-5-11)9-13(16)21/h11-12H,2-9H2,1H3,(H2,16,21)/t12-/m0/s1. The van der Waals surface area contributed by atoms with Gasteiger partial charge in [-0.25, -0.2) is 0 Å². The third-order valence-corrected chi connectivity index (χ3v) is 4.68. The van der Waals surface area contributed by atoms with Gasteiger partial charge >= 0.3 is 0 Å². The van der Waals surface area contributed by atoms with Crippen LogP contribution in [0.2, 0.25) is 0 Å². The monoisotopic (exact) mass is 321 g/mol. The first-order valence-corrected chi connectivity index (χ1v) is 8.16. The molecular weight excluding hydrogens is 298 g/mol. The lowest BCUT2D eigenvalue weighted by Gasteiger charge is -2.33. The number of likely N-dealkylation sites (tertiary alicyclic amines) is 2. The van der Waals surface area contributed by atoms with Crippen molar-refractivity contribution in [3.05, 3.63) is 11.7 Å². The number of amides is 2. The van der Waals surface area contributed by atoms with Gasteiger partial charge in [-0.15, -0.1) is 0 Å². The van der Waals surface area contributed by atoms with E-state index in [4.69, 9.17) is 10.3 Å². The Morgan fingerprint density at radius 3 is 2.61 bits per heavy atom. The lowest BCUT2D eigenvalue weighted by atomic mass is 9.95. The second-order valence-corrected chi connectivity index (χ2v) is 6.39. The predicted octanol–water partition coefficient (Wildman–Crippen LogP) is 0.239. The van der Waals surface area contributed by atoms with Gasteiger partial charge in [0.1, 0.15) is 6.04 Å². The van der Waals surface area contributed by atoms with Crippen molar-refractivity contribution in [3.63, 3.8) is 0 Å². The predicted molar refractivity (Wildman–Crippen MR) is 81.1 cm³/mol. The minimum atomic E-state index is -0.318. The van der Waals surface area contributed by atoms with Gasteiger partial charge in [0.05, 0.1) is 6.54 Å². The van der Waals surface area contributed by atoms with Gasteiger partial charge in [-0.05, 0) is 45.7 Å². The van der Waals surface area contributed by atoms with Crippen molar-refractivity contribution in [2.45, 2.75) is 38.6 Å². The molecule has 1 aromatic heterocycles. The number of piperidine rings is 1. The number of nitrogens with two attached hydrogens (primary N) is 1. The number of rotatable bonds is 4. The molecule has 2 aliphatic heterocycles. The third-order valence-electron chi connectivity index (χ3n) is 4.68. The van der Waals surface area contributed by atoms with E-state index in [-0.39, 0.29) is 30.3 Å². The summed E-state index contributed by atoms with van der Waals surface area (Å²) in [7, 11) is 0. The number of hydrogen-bond acceptors (Lipinski definition) is 6.